The van der Waals surface area contributed by atoms with Gasteiger partial charge in [-0.3, -0.25) is 0 Å². The molecule has 0 rings (SSSR count). The van der Waals surface area contributed by atoms with Gasteiger partial charge in [0.1, 0.15) is 0 Å². The van der Waals surface area contributed by atoms with Crippen molar-refractivity contribution >= 4 is 33.8 Å². The molecule has 0 aliphatic rings. The minimum Gasteiger partial charge on any atom is -0.0904 e. The molecule has 0 saturated carbocycles. The fourth-order valence-corrected chi connectivity index (χ4v) is 19.1. The first-order chi connectivity index (χ1) is 6.75. The molecule has 0 N–H and O–H groups in total. The summed E-state index contributed by atoms with van der Waals surface area (Å²) in [5, 5.41) is 1.07. The molecular formula is C12H28ClP3. The molecule has 0 aliphatic carbocycles. The Kier molecular flexibility index (Phi) is 6.26. The van der Waals surface area contributed by atoms with E-state index in [2.05, 4.69) is 62.3 Å². The van der Waals surface area contributed by atoms with Crippen LogP contribution in [0.2, 0.25) is 0 Å². The number of rotatable bonds is 2. The van der Waals surface area contributed by atoms with E-state index in [4.69, 9.17) is 11.2 Å². The van der Waals surface area contributed by atoms with Gasteiger partial charge in [0.2, 0.25) is 0 Å². The topological polar surface area (TPSA) is 0 Å². The SMILES string of the molecule is CC(C)(C)PP(P(Cl)C(C)(C)C)C(C)(C)C. The van der Waals surface area contributed by atoms with Gasteiger partial charge in [-0.05, 0) is 17.6 Å². The van der Waals surface area contributed by atoms with Crippen molar-refractivity contribution in [3.8, 4) is 0 Å². The van der Waals surface area contributed by atoms with E-state index in [1.54, 1.807) is 0 Å². The van der Waals surface area contributed by atoms with Crippen LogP contribution in [0.3, 0.4) is 0 Å². The van der Waals surface area contributed by atoms with E-state index in [0.717, 1.165) is 8.27 Å². The molecule has 0 nitrogen and oxygen atoms in total. The van der Waals surface area contributed by atoms with Gasteiger partial charge in [-0.25, -0.2) is 0 Å². The largest absolute Gasteiger partial charge is 0.0904 e. The summed E-state index contributed by atoms with van der Waals surface area (Å²) in [6.07, 6.45) is 0. The summed E-state index contributed by atoms with van der Waals surface area (Å²) in [7, 11) is 0.919. The predicted molar refractivity (Wildman–Crippen MR) is 87.3 cm³/mol. The molecule has 4 heteroatoms. The summed E-state index contributed by atoms with van der Waals surface area (Å²) in [6.45, 7) is 20.6. The van der Waals surface area contributed by atoms with Crippen molar-refractivity contribution in [2.45, 2.75) is 77.8 Å². The van der Waals surface area contributed by atoms with Crippen molar-refractivity contribution in [3.05, 3.63) is 0 Å². The molecule has 98 valence electrons. The Labute approximate surface area is 112 Å². The van der Waals surface area contributed by atoms with Gasteiger partial charge < -0.3 is 0 Å². The summed E-state index contributed by atoms with van der Waals surface area (Å²) in [4.78, 5) is 0. The molecule has 0 amide bonds. The quantitative estimate of drug-likeness (QED) is 0.481. The Morgan fingerprint density at radius 1 is 0.750 bits per heavy atom. The lowest BCUT2D eigenvalue weighted by molar-refractivity contribution is 0.779. The average Bonchev–Trinajstić information content (AvgIpc) is 1.93. The maximum absolute atomic E-state index is 6.81. The fourth-order valence-electron chi connectivity index (χ4n) is 1.09. The number of hydrogen-bond acceptors (Lipinski definition) is 0. The molecule has 16 heavy (non-hydrogen) atoms. The molecule has 0 aliphatic heterocycles. The molecule has 0 aromatic heterocycles. The number of hydrogen-bond donors (Lipinski definition) is 0. The van der Waals surface area contributed by atoms with E-state index in [-0.39, 0.29) is 19.4 Å². The normalized spacial score (nSPS) is 19.1. The van der Waals surface area contributed by atoms with Gasteiger partial charge in [0, 0.05) is 12.1 Å². The van der Waals surface area contributed by atoms with Gasteiger partial charge in [0.15, 0.2) is 0 Å². The van der Waals surface area contributed by atoms with Crippen LogP contribution in [0, 0.1) is 0 Å². The molecule has 0 aromatic rings. The third kappa shape index (κ3) is 6.50. The second-order valence-electron chi connectivity index (χ2n) is 7.28. The summed E-state index contributed by atoms with van der Waals surface area (Å²) < 4.78 is 0. The van der Waals surface area contributed by atoms with Crippen molar-refractivity contribution in [2.24, 2.45) is 0 Å². The molecule has 0 spiro atoms. The standard InChI is InChI=1S/C12H28ClP3/c1-10(2,3)14-16(12(7,8)9)15(13)11(4,5)6/h14H,1-9H3. The Balaban J connectivity index is 4.98. The van der Waals surface area contributed by atoms with E-state index in [1.807, 2.05) is 0 Å². The Hall–Kier alpha value is 1.58. The van der Waals surface area contributed by atoms with Crippen LogP contribution < -0.4 is 0 Å². The van der Waals surface area contributed by atoms with Gasteiger partial charge >= 0.3 is 0 Å². The monoisotopic (exact) mass is 300 g/mol. The third-order valence-electron chi connectivity index (χ3n) is 1.81. The van der Waals surface area contributed by atoms with Crippen LogP contribution in [0.25, 0.3) is 0 Å². The first-order valence-corrected chi connectivity index (χ1v) is 11.9. The van der Waals surface area contributed by atoms with Crippen LogP contribution in [-0.2, 0) is 0 Å². The lowest BCUT2D eigenvalue weighted by atomic mass is 10.3. The maximum Gasteiger partial charge on any atom is 0.0251 e. The first kappa shape index (κ1) is 17.6. The van der Waals surface area contributed by atoms with E-state index in [1.165, 1.54) is 0 Å². The van der Waals surface area contributed by atoms with Crippen LogP contribution >= 0.6 is 33.8 Å². The molecule has 3 unspecified atom stereocenters. The van der Waals surface area contributed by atoms with Crippen LogP contribution in [0.1, 0.15) is 62.3 Å². The zero-order valence-electron chi connectivity index (χ0n) is 12.3. The lowest BCUT2D eigenvalue weighted by Crippen LogP contribution is -2.16. The molecule has 0 bridgehead atoms. The van der Waals surface area contributed by atoms with E-state index in [0.29, 0.717) is 10.3 Å². The van der Waals surface area contributed by atoms with Gasteiger partial charge in [-0.2, -0.15) is 0 Å². The second-order valence-corrected chi connectivity index (χ2v) is 20.1. The van der Waals surface area contributed by atoms with E-state index >= 15 is 0 Å². The van der Waals surface area contributed by atoms with E-state index < -0.39 is 0 Å². The van der Waals surface area contributed by atoms with Crippen LogP contribution in [-0.4, -0.2) is 15.5 Å². The Morgan fingerprint density at radius 2 is 1.12 bits per heavy atom. The zero-order chi connectivity index (χ0) is 13.4. The highest BCUT2D eigenvalue weighted by atomic mass is 35.7. The molecular weight excluding hydrogens is 273 g/mol. The van der Waals surface area contributed by atoms with E-state index in [9.17, 15) is 0 Å². The smallest absolute Gasteiger partial charge is 0.0251 e. The lowest BCUT2D eigenvalue weighted by Gasteiger charge is -2.43. The highest BCUT2D eigenvalue weighted by Gasteiger charge is 2.39. The van der Waals surface area contributed by atoms with Crippen molar-refractivity contribution in [1.82, 2.24) is 0 Å². The molecule has 0 radical (unpaired) electrons. The Bertz CT molecular complexity index is 220. The van der Waals surface area contributed by atoms with Gasteiger partial charge in [0.05, 0.1) is 0 Å². The summed E-state index contributed by atoms with van der Waals surface area (Å²) in [5.41, 5.74) is 0. The summed E-state index contributed by atoms with van der Waals surface area (Å²) in [5.74, 6) is 0. The fraction of sp³-hybridized carbons (Fsp3) is 1.00. The van der Waals surface area contributed by atoms with Crippen LogP contribution in [0.15, 0.2) is 0 Å². The van der Waals surface area contributed by atoms with Crippen LogP contribution in [0.5, 0.6) is 0 Å². The van der Waals surface area contributed by atoms with Gasteiger partial charge in [-0.1, -0.05) is 81.8 Å². The first-order valence-electron chi connectivity index (χ1n) is 5.79. The highest BCUT2D eigenvalue weighted by Crippen LogP contribution is 2.91. The highest BCUT2D eigenvalue weighted by molar-refractivity contribution is 8.63. The molecule has 0 fully saturated rings. The minimum absolute atomic E-state index is 0.0810. The molecule has 3 atom stereocenters. The summed E-state index contributed by atoms with van der Waals surface area (Å²) in [6, 6.07) is 0. The number of halogens is 1. The average molecular weight is 301 g/mol. The maximum atomic E-state index is 6.81. The minimum atomic E-state index is -0.388. The molecule has 0 heterocycles. The van der Waals surface area contributed by atoms with Crippen molar-refractivity contribution in [1.29, 1.82) is 0 Å². The third-order valence-corrected chi connectivity index (χ3v) is 21.5. The molecule has 0 saturated heterocycles. The van der Waals surface area contributed by atoms with Crippen LogP contribution in [0.4, 0.5) is 0 Å². The summed E-state index contributed by atoms with van der Waals surface area (Å²) >= 11 is 6.81. The molecule has 0 aromatic carbocycles. The Morgan fingerprint density at radius 3 is 1.31 bits per heavy atom. The van der Waals surface area contributed by atoms with Gasteiger partial charge in [-0.15, -0.1) is 0 Å². The van der Waals surface area contributed by atoms with Crippen molar-refractivity contribution < 1.29 is 0 Å². The predicted octanol–water partition coefficient (Wildman–Crippen LogP) is 7.01. The van der Waals surface area contributed by atoms with Crippen molar-refractivity contribution in [2.75, 3.05) is 0 Å². The second kappa shape index (κ2) is 5.70. The van der Waals surface area contributed by atoms with Gasteiger partial charge in [0.25, 0.3) is 0 Å². The van der Waals surface area contributed by atoms with Crippen molar-refractivity contribution in [3.63, 3.8) is 0 Å². The zero-order valence-corrected chi connectivity index (χ0v) is 15.8.